The highest BCUT2D eigenvalue weighted by molar-refractivity contribution is 9.10. The molecule has 0 saturated heterocycles. The fraction of sp³-hybridized carbons (Fsp3) is 0.214. The first-order chi connectivity index (χ1) is 11.5. The molecule has 0 radical (unpaired) electrons. The van der Waals surface area contributed by atoms with Gasteiger partial charge in [0.05, 0.1) is 20.4 Å². The number of benzene rings is 1. The highest BCUT2D eigenvalue weighted by Crippen LogP contribution is 2.33. The normalized spacial score (nSPS) is 10.6. The fourth-order valence-electron chi connectivity index (χ4n) is 1.61. The van der Waals surface area contributed by atoms with Crippen molar-refractivity contribution in [2.24, 2.45) is 5.10 Å². The minimum atomic E-state index is -0.481. The zero-order valence-electron chi connectivity index (χ0n) is 12.9. The first-order valence-electron chi connectivity index (χ1n) is 6.60. The van der Waals surface area contributed by atoms with Gasteiger partial charge < -0.3 is 19.9 Å². The van der Waals surface area contributed by atoms with Crippen molar-refractivity contribution in [2.45, 2.75) is 0 Å². The Kier molecular flexibility index (Phi) is 6.38. The molecule has 0 unspecified atom stereocenters. The summed E-state index contributed by atoms with van der Waals surface area (Å²) >= 11 is 4.77. The molecule has 1 aromatic heterocycles. The van der Waals surface area contributed by atoms with E-state index in [0.29, 0.717) is 26.9 Å². The number of methoxy groups -OCH3 is 2. The van der Waals surface area contributed by atoms with Crippen LogP contribution in [0.15, 0.2) is 27.1 Å². The maximum absolute atomic E-state index is 11.2. The van der Waals surface area contributed by atoms with Crippen LogP contribution in [0.25, 0.3) is 0 Å². The number of nitrogen functional groups attached to an aromatic ring is 1. The molecule has 0 aliphatic rings. The van der Waals surface area contributed by atoms with Gasteiger partial charge in [-0.15, -0.1) is 11.3 Å². The van der Waals surface area contributed by atoms with Gasteiger partial charge in [-0.1, -0.05) is 0 Å². The number of nitrogens with one attached hydrogen (secondary N) is 1. The maximum Gasteiger partial charge on any atom is 0.343 e. The quantitative estimate of drug-likeness (QED) is 0.406. The van der Waals surface area contributed by atoms with Crippen molar-refractivity contribution in [1.82, 2.24) is 4.98 Å². The highest BCUT2D eigenvalue weighted by atomic mass is 79.9. The van der Waals surface area contributed by atoms with Crippen molar-refractivity contribution in [2.75, 3.05) is 32.0 Å². The Bertz CT molecular complexity index is 750. The molecule has 0 aliphatic carbocycles. The Labute approximate surface area is 150 Å². The summed E-state index contributed by atoms with van der Waals surface area (Å²) in [5.41, 5.74) is 9.06. The maximum atomic E-state index is 11.2. The fourth-order valence-corrected chi connectivity index (χ4v) is 2.59. The Morgan fingerprint density at radius 1 is 1.46 bits per heavy atom. The molecular formula is C14H15BrN4O4S. The summed E-state index contributed by atoms with van der Waals surface area (Å²) in [6.45, 7) is -0.209. The topological polar surface area (TPSA) is 108 Å². The first-order valence-corrected chi connectivity index (χ1v) is 8.28. The van der Waals surface area contributed by atoms with E-state index in [1.165, 1.54) is 25.6 Å². The Morgan fingerprint density at radius 2 is 2.25 bits per heavy atom. The van der Waals surface area contributed by atoms with Gasteiger partial charge in [0.25, 0.3) is 0 Å². The number of ether oxygens (including phenoxy) is 3. The number of hydrogen-bond acceptors (Lipinski definition) is 9. The van der Waals surface area contributed by atoms with Crippen molar-refractivity contribution in [3.8, 4) is 11.5 Å². The first kappa shape index (κ1) is 18.0. The van der Waals surface area contributed by atoms with E-state index in [2.05, 4.69) is 36.2 Å². The van der Waals surface area contributed by atoms with Crippen LogP contribution in [0.4, 0.5) is 10.9 Å². The second kappa shape index (κ2) is 8.50. The smallest absolute Gasteiger partial charge is 0.343 e. The van der Waals surface area contributed by atoms with Gasteiger partial charge in [-0.25, -0.2) is 9.78 Å². The number of carbonyl (C=O) groups is 1. The number of aromatic nitrogens is 1. The number of carbonyl (C=O) groups excluding carboxylic acids is 1. The highest BCUT2D eigenvalue weighted by Gasteiger charge is 2.11. The lowest BCUT2D eigenvalue weighted by atomic mass is 10.2. The Morgan fingerprint density at radius 3 is 2.88 bits per heavy atom. The Hall–Kier alpha value is -2.33. The summed E-state index contributed by atoms with van der Waals surface area (Å²) in [4.78, 5) is 15.2. The van der Waals surface area contributed by atoms with E-state index in [1.54, 1.807) is 23.7 Å². The zero-order chi connectivity index (χ0) is 17.5. The van der Waals surface area contributed by atoms with Gasteiger partial charge in [-0.3, -0.25) is 5.43 Å². The van der Waals surface area contributed by atoms with Crippen LogP contribution in [0, 0.1) is 0 Å². The molecule has 0 aliphatic heterocycles. The third kappa shape index (κ3) is 4.83. The van der Waals surface area contributed by atoms with Crippen LogP contribution in [-0.4, -0.2) is 38.0 Å². The third-order valence-electron chi connectivity index (χ3n) is 2.74. The molecule has 128 valence electrons. The molecular weight excluding hydrogens is 400 g/mol. The van der Waals surface area contributed by atoms with E-state index in [4.69, 9.17) is 15.2 Å². The van der Waals surface area contributed by atoms with Crippen molar-refractivity contribution >= 4 is 50.4 Å². The molecule has 24 heavy (non-hydrogen) atoms. The second-order valence-corrected chi connectivity index (χ2v) is 6.05. The van der Waals surface area contributed by atoms with E-state index in [9.17, 15) is 4.79 Å². The van der Waals surface area contributed by atoms with Gasteiger partial charge in [0.1, 0.15) is 5.82 Å². The van der Waals surface area contributed by atoms with Crippen LogP contribution >= 0.6 is 27.3 Å². The SMILES string of the molecule is COC(=O)COc1cc(Br)c(C=NNc2nc(N)cs2)cc1OC. The molecule has 0 spiro atoms. The number of nitrogens with two attached hydrogens (primary N) is 1. The van der Waals surface area contributed by atoms with Crippen LogP contribution in [0.2, 0.25) is 0 Å². The number of nitrogens with zero attached hydrogens (tertiary/aromatic N) is 2. The van der Waals surface area contributed by atoms with Gasteiger partial charge >= 0.3 is 5.97 Å². The minimum absolute atomic E-state index is 0.209. The summed E-state index contributed by atoms with van der Waals surface area (Å²) in [5.74, 6) is 0.827. The molecule has 1 aromatic carbocycles. The molecule has 10 heteroatoms. The minimum Gasteiger partial charge on any atom is -0.493 e. The van der Waals surface area contributed by atoms with E-state index in [0.717, 1.165) is 5.56 Å². The number of anilines is 2. The predicted octanol–water partition coefficient (Wildman–Crippen LogP) is 2.49. The van der Waals surface area contributed by atoms with Gasteiger partial charge in [0.15, 0.2) is 18.1 Å². The van der Waals surface area contributed by atoms with Crippen molar-refractivity contribution in [3.63, 3.8) is 0 Å². The zero-order valence-corrected chi connectivity index (χ0v) is 15.3. The molecule has 0 atom stereocenters. The van der Waals surface area contributed by atoms with Crippen molar-refractivity contribution in [1.29, 1.82) is 0 Å². The van der Waals surface area contributed by atoms with Crippen LogP contribution in [0.5, 0.6) is 11.5 Å². The number of hydrazone groups is 1. The number of thiazole rings is 1. The average Bonchev–Trinajstić information content (AvgIpc) is 2.99. The van der Waals surface area contributed by atoms with E-state index < -0.39 is 5.97 Å². The van der Waals surface area contributed by atoms with Crippen molar-refractivity contribution < 1.29 is 19.0 Å². The van der Waals surface area contributed by atoms with Gasteiger partial charge in [0.2, 0.25) is 5.13 Å². The molecule has 0 amide bonds. The summed E-state index contributed by atoms with van der Waals surface area (Å²) in [7, 11) is 2.80. The average molecular weight is 415 g/mol. The second-order valence-electron chi connectivity index (χ2n) is 4.34. The van der Waals surface area contributed by atoms with E-state index >= 15 is 0 Å². The largest absolute Gasteiger partial charge is 0.493 e. The third-order valence-corrected chi connectivity index (χ3v) is 4.19. The summed E-state index contributed by atoms with van der Waals surface area (Å²) in [6, 6.07) is 3.41. The van der Waals surface area contributed by atoms with Gasteiger partial charge in [0, 0.05) is 15.4 Å². The van der Waals surface area contributed by atoms with Crippen LogP contribution < -0.4 is 20.6 Å². The molecule has 1 heterocycles. The van der Waals surface area contributed by atoms with Crippen LogP contribution in [0.1, 0.15) is 5.56 Å². The number of rotatable bonds is 7. The molecule has 0 fully saturated rings. The van der Waals surface area contributed by atoms with Crippen LogP contribution in [-0.2, 0) is 9.53 Å². The lowest BCUT2D eigenvalue weighted by molar-refractivity contribution is -0.142. The van der Waals surface area contributed by atoms with Crippen molar-refractivity contribution in [3.05, 3.63) is 27.5 Å². The van der Waals surface area contributed by atoms with Gasteiger partial charge in [-0.2, -0.15) is 5.10 Å². The lowest BCUT2D eigenvalue weighted by Crippen LogP contribution is -2.13. The molecule has 8 nitrogen and oxygen atoms in total. The number of esters is 1. The summed E-state index contributed by atoms with van der Waals surface area (Å²) in [5, 5.41) is 6.40. The molecule has 0 saturated carbocycles. The van der Waals surface area contributed by atoms with E-state index in [-0.39, 0.29) is 6.61 Å². The van der Waals surface area contributed by atoms with E-state index in [1.807, 2.05) is 0 Å². The lowest BCUT2D eigenvalue weighted by Gasteiger charge is -2.11. The van der Waals surface area contributed by atoms with Crippen LogP contribution in [0.3, 0.4) is 0 Å². The number of hydrogen-bond donors (Lipinski definition) is 2. The monoisotopic (exact) mass is 414 g/mol. The summed E-state index contributed by atoms with van der Waals surface area (Å²) < 4.78 is 15.9. The molecule has 2 rings (SSSR count). The standard InChI is InChI=1S/C14H15BrN4O4S/c1-21-10-3-8(5-17-19-14-18-12(16)7-24-14)9(15)4-11(10)23-6-13(20)22-2/h3-5,7H,6,16H2,1-2H3,(H,18,19). The predicted molar refractivity (Wildman–Crippen MR) is 95.9 cm³/mol. The molecule has 0 bridgehead atoms. The Balaban J connectivity index is 2.11. The molecule has 3 N–H and O–H groups in total. The number of halogens is 1. The molecule has 2 aromatic rings. The summed E-state index contributed by atoms with van der Waals surface area (Å²) in [6.07, 6.45) is 1.59. The van der Waals surface area contributed by atoms with Gasteiger partial charge in [-0.05, 0) is 28.1 Å².